The lowest BCUT2D eigenvalue weighted by molar-refractivity contribution is 0.399. The van der Waals surface area contributed by atoms with Crippen molar-refractivity contribution in [2.24, 2.45) is 5.92 Å². The van der Waals surface area contributed by atoms with Gasteiger partial charge in [0.15, 0.2) is 9.84 Å². The molecule has 1 heterocycles. The summed E-state index contributed by atoms with van der Waals surface area (Å²) in [5, 5.41) is 3.58. The highest BCUT2D eigenvalue weighted by Gasteiger charge is 2.34. The van der Waals surface area contributed by atoms with E-state index in [2.05, 4.69) is 5.32 Å². The van der Waals surface area contributed by atoms with Gasteiger partial charge in [0.05, 0.1) is 11.5 Å². The maximum atomic E-state index is 13.4. The van der Waals surface area contributed by atoms with Crippen molar-refractivity contribution in [2.75, 3.05) is 18.1 Å². The van der Waals surface area contributed by atoms with E-state index in [4.69, 9.17) is 11.6 Å². The van der Waals surface area contributed by atoms with Gasteiger partial charge in [0, 0.05) is 11.1 Å². The Balaban J connectivity index is 2.29. The maximum Gasteiger partial charge on any atom is 0.150 e. The van der Waals surface area contributed by atoms with Crippen molar-refractivity contribution in [3.8, 4) is 0 Å². The fourth-order valence-electron chi connectivity index (χ4n) is 2.62. The second-order valence-electron chi connectivity index (χ2n) is 4.90. The molecule has 0 aromatic heterocycles. The minimum absolute atomic E-state index is 0.0252. The molecule has 3 nitrogen and oxygen atoms in total. The Morgan fingerprint density at radius 3 is 2.74 bits per heavy atom. The number of hydrogen-bond acceptors (Lipinski definition) is 3. The summed E-state index contributed by atoms with van der Waals surface area (Å²) in [7, 11) is -2.95. The lowest BCUT2D eigenvalue weighted by Crippen LogP contribution is -2.29. The van der Waals surface area contributed by atoms with E-state index in [1.165, 1.54) is 12.1 Å². The second-order valence-corrected chi connectivity index (χ2v) is 7.57. The van der Waals surface area contributed by atoms with Crippen LogP contribution in [-0.2, 0) is 9.84 Å². The first kappa shape index (κ1) is 14.8. The number of hydrogen-bond donors (Lipinski definition) is 1. The SMILES string of the molecule is CCNC(c1cc(F)cc(Cl)c1)C1CCS(=O)(=O)C1. The molecule has 0 radical (unpaired) electrons. The van der Waals surface area contributed by atoms with Gasteiger partial charge >= 0.3 is 0 Å². The van der Waals surface area contributed by atoms with E-state index in [9.17, 15) is 12.8 Å². The van der Waals surface area contributed by atoms with Crippen LogP contribution in [-0.4, -0.2) is 26.5 Å². The smallest absolute Gasteiger partial charge is 0.150 e. The molecule has 106 valence electrons. The lowest BCUT2D eigenvalue weighted by atomic mass is 9.92. The molecule has 1 saturated heterocycles. The molecular weight excluding hydrogens is 289 g/mol. The molecule has 0 amide bonds. The summed E-state index contributed by atoms with van der Waals surface area (Å²) in [4.78, 5) is 0. The van der Waals surface area contributed by atoms with Crippen LogP contribution in [0.25, 0.3) is 0 Å². The Bertz CT molecular complexity index is 542. The van der Waals surface area contributed by atoms with Crippen LogP contribution in [0.2, 0.25) is 5.02 Å². The minimum atomic E-state index is -2.95. The molecule has 0 saturated carbocycles. The summed E-state index contributed by atoms with van der Waals surface area (Å²) in [6.45, 7) is 2.63. The van der Waals surface area contributed by atoms with Crippen LogP contribution in [0.4, 0.5) is 4.39 Å². The molecule has 19 heavy (non-hydrogen) atoms. The Hall–Kier alpha value is -0.650. The zero-order valence-electron chi connectivity index (χ0n) is 10.7. The number of benzene rings is 1. The molecule has 2 rings (SSSR count). The summed E-state index contributed by atoms with van der Waals surface area (Å²) in [6, 6.07) is 4.20. The third-order valence-corrected chi connectivity index (χ3v) is 5.42. The van der Waals surface area contributed by atoms with Crippen LogP contribution < -0.4 is 5.32 Å². The number of rotatable bonds is 4. The predicted molar refractivity (Wildman–Crippen MR) is 74.6 cm³/mol. The fraction of sp³-hybridized carbons (Fsp3) is 0.538. The van der Waals surface area contributed by atoms with Gasteiger partial charge in [-0.05, 0) is 42.6 Å². The van der Waals surface area contributed by atoms with Crippen LogP contribution in [0.5, 0.6) is 0 Å². The molecule has 1 N–H and O–H groups in total. The molecule has 1 aromatic rings. The van der Waals surface area contributed by atoms with Gasteiger partial charge in [0.2, 0.25) is 0 Å². The molecular formula is C13H17ClFNO2S. The zero-order chi connectivity index (χ0) is 14.0. The van der Waals surface area contributed by atoms with E-state index in [1.54, 1.807) is 6.07 Å². The second kappa shape index (κ2) is 5.77. The van der Waals surface area contributed by atoms with Gasteiger partial charge < -0.3 is 5.32 Å². The van der Waals surface area contributed by atoms with Crippen LogP contribution in [0.1, 0.15) is 24.9 Å². The molecule has 1 fully saturated rings. The molecule has 6 heteroatoms. The van der Waals surface area contributed by atoms with Crippen molar-refractivity contribution in [1.29, 1.82) is 0 Å². The van der Waals surface area contributed by atoms with Crippen molar-refractivity contribution >= 4 is 21.4 Å². The van der Waals surface area contributed by atoms with Gasteiger partial charge in [-0.25, -0.2) is 12.8 Å². The molecule has 1 aliphatic heterocycles. The van der Waals surface area contributed by atoms with Gasteiger partial charge in [0.1, 0.15) is 5.82 Å². The van der Waals surface area contributed by atoms with E-state index >= 15 is 0 Å². The summed E-state index contributed by atoms with van der Waals surface area (Å²) >= 11 is 5.87. The quantitative estimate of drug-likeness (QED) is 0.930. The first-order valence-corrected chi connectivity index (χ1v) is 8.51. The predicted octanol–water partition coefficient (Wildman–Crippen LogP) is 2.56. The molecule has 0 aliphatic carbocycles. The highest BCUT2D eigenvalue weighted by atomic mass is 35.5. The van der Waals surface area contributed by atoms with Gasteiger partial charge in [0.25, 0.3) is 0 Å². The largest absolute Gasteiger partial charge is 0.310 e. The fourth-order valence-corrected chi connectivity index (χ4v) is 4.69. The van der Waals surface area contributed by atoms with Crippen LogP contribution >= 0.6 is 11.6 Å². The van der Waals surface area contributed by atoms with Crippen LogP contribution in [0.15, 0.2) is 18.2 Å². The Labute approximate surface area is 118 Å². The summed E-state index contributed by atoms with van der Waals surface area (Å²) in [6.07, 6.45) is 0.605. The Kier molecular flexibility index (Phi) is 4.48. The molecule has 1 aromatic carbocycles. The van der Waals surface area contributed by atoms with E-state index in [0.717, 1.165) is 0 Å². The molecule has 0 bridgehead atoms. The molecule has 2 atom stereocenters. The monoisotopic (exact) mass is 305 g/mol. The number of halogens is 2. The van der Waals surface area contributed by atoms with E-state index in [1.807, 2.05) is 6.92 Å². The molecule has 0 spiro atoms. The molecule has 1 aliphatic rings. The van der Waals surface area contributed by atoms with E-state index < -0.39 is 15.7 Å². The van der Waals surface area contributed by atoms with Crippen LogP contribution in [0, 0.1) is 11.7 Å². The summed E-state index contributed by atoms with van der Waals surface area (Å²) < 4.78 is 36.6. The lowest BCUT2D eigenvalue weighted by Gasteiger charge is -2.24. The van der Waals surface area contributed by atoms with Crippen LogP contribution in [0.3, 0.4) is 0 Å². The van der Waals surface area contributed by atoms with Crippen molar-refractivity contribution in [3.05, 3.63) is 34.6 Å². The van der Waals surface area contributed by atoms with Gasteiger partial charge in [-0.3, -0.25) is 0 Å². The van der Waals surface area contributed by atoms with Crippen molar-refractivity contribution in [1.82, 2.24) is 5.32 Å². The topological polar surface area (TPSA) is 46.2 Å². The zero-order valence-corrected chi connectivity index (χ0v) is 12.3. The average molecular weight is 306 g/mol. The van der Waals surface area contributed by atoms with E-state index in [-0.39, 0.29) is 23.5 Å². The maximum absolute atomic E-state index is 13.4. The van der Waals surface area contributed by atoms with Gasteiger partial charge in [-0.15, -0.1) is 0 Å². The normalized spacial score (nSPS) is 23.4. The van der Waals surface area contributed by atoms with Gasteiger partial charge in [-0.1, -0.05) is 18.5 Å². The Morgan fingerprint density at radius 2 is 2.21 bits per heavy atom. The minimum Gasteiger partial charge on any atom is -0.310 e. The van der Waals surface area contributed by atoms with Gasteiger partial charge in [-0.2, -0.15) is 0 Å². The third-order valence-electron chi connectivity index (χ3n) is 3.41. The first-order valence-electron chi connectivity index (χ1n) is 6.31. The van der Waals surface area contributed by atoms with Crippen molar-refractivity contribution in [3.63, 3.8) is 0 Å². The average Bonchev–Trinajstić information content (AvgIpc) is 2.65. The standard InChI is InChI=1S/C13H17ClFNO2S/c1-2-16-13(9-3-4-19(17,18)8-9)10-5-11(14)7-12(15)6-10/h5-7,9,13,16H,2-4,8H2,1H3. The first-order chi connectivity index (χ1) is 8.91. The summed E-state index contributed by atoms with van der Waals surface area (Å²) in [5.41, 5.74) is 0.717. The van der Waals surface area contributed by atoms with Crippen molar-refractivity contribution < 1.29 is 12.8 Å². The Morgan fingerprint density at radius 1 is 1.47 bits per heavy atom. The van der Waals surface area contributed by atoms with Crippen molar-refractivity contribution in [2.45, 2.75) is 19.4 Å². The third kappa shape index (κ3) is 3.68. The highest BCUT2D eigenvalue weighted by Crippen LogP contribution is 2.32. The van der Waals surface area contributed by atoms with E-state index in [0.29, 0.717) is 23.6 Å². The number of sulfone groups is 1. The highest BCUT2D eigenvalue weighted by molar-refractivity contribution is 7.91. The molecule has 2 unspecified atom stereocenters. The summed E-state index contributed by atoms with van der Waals surface area (Å²) in [5.74, 6) is -0.0596. The number of nitrogens with one attached hydrogen (secondary N) is 1.